The number of thioether (sulfide) groups is 1. The third-order valence-electron chi connectivity index (χ3n) is 3.91. The number of hydrogen-bond donors (Lipinski definition) is 0. The maximum atomic E-state index is 12.8. The minimum Gasteiger partial charge on any atom is -0.461 e. The van der Waals surface area contributed by atoms with Gasteiger partial charge in [0.15, 0.2) is 10.9 Å². The zero-order chi connectivity index (χ0) is 19.8. The van der Waals surface area contributed by atoms with Crippen molar-refractivity contribution < 1.29 is 9.21 Å². The van der Waals surface area contributed by atoms with Crippen LogP contribution in [0, 0.1) is 11.3 Å². The fourth-order valence-electron chi connectivity index (χ4n) is 2.65. The van der Waals surface area contributed by atoms with Crippen LogP contribution in [-0.2, 0) is 11.3 Å². The van der Waals surface area contributed by atoms with Crippen LogP contribution in [0.4, 0.5) is 5.69 Å². The number of allylic oxidation sites excluding steroid dienone is 1. The van der Waals surface area contributed by atoms with Gasteiger partial charge in [-0.15, -0.1) is 16.8 Å². The number of hydrogen-bond acceptors (Lipinski definition) is 6. The first kappa shape index (κ1) is 19.5. The topological polar surface area (TPSA) is 88.0 Å². The predicted octanol–water partition coefficient (Wildman–Crippen LogP) is 3.76. The molecule has 0 unspecified atom stereocenters. The Hall–Kier alpha value is -3.31. The van der Waals surface area contributed by atoms with Crippen LogP contribution in [0.25, 0.3) is 11.6 Å². The van der Waals surface area contributed by atoms with Crippen LogP contribution in [0.3, 0.4) is 0 Å². The molecule has 0 fully saturated rings. The van der Waals surface area contributed by atoms with Gasteiger partial charge in [0.05, 0.1) is 24.5 Å². The van der Waals surface area contributed by atoms with E-state index in [1.807, 2.05) is 41.0 Å². The number of rotatable bonds is 9. The predicted molar refractivity (Wildman–Crippen MR) is 108 cm³/mol. The lowest BCUT2D eigenvalue weighted by Gasteiger charge is -2.21. The fraction of sp³-hybridized carbons (Fsp3) is 0.200. The summed E-state index contributed by atoms with van der Waals surface area (Å²) in [7, 11) is 0. The van der Waals surface area contributed by atoms with Crippen molar-refractivity contribution in [1.82, 2.24) is 14.8 Å². The Kier molecular flexibility index (Phi) is 6.65. The Labute approximate surface area is 167 Å². The maximum Gasteiger partial charge on any atom is 0.237 e. The Morgan fingerprint density at radius 2 is 2.11 bits per heavy atom. The van der Waals surface area contributed by atoms with Crippen LogP contribution in [0.2, 0.25) is 0 Å². The number of nitriles is 1. The summed E-state index contributed by atoms with van der Waals surface area (Å²) in [5.74, 6) is 1.27. The number of carbonyl (C=O) groups is 1. The summed E-state index contributed by atoms with van der Waals surface area (Å²) in [6.07, 6.45) is 3.58. The van der Waals surface area contributed by atoms with Gasteiger partial charge in [-0.25, -0.2) is 0 Å². The van der Waals surface area contributed by atoms with Crippen molar-refractivity contribution in [3.05, 3.63) is 61.4 Å². The molecular weight excluding hydrogens is 374 g/mol. The molecule has 0 aliphatic heterocycles. The summed E-state index contributed by atoms with van der Waals surface area (Å²) in [5.41, 5.74) is 0.771. The minimum atomic E-state index is -0.0980. The van der Waals surface area contributed by atoms with E-state index < -0.39 is 0 Å². The number of nitrogens with zero attached hydrogens (tertiary/aromatic N) is 5. The number of anilines is 1. The van der Waals surface area contributed by atoms with Gasteiger partial charge in [0.1, 0.15) is 0 Å². The molecule has 0 bridgehead atoms. The van der Waals surface area contributed by atoms with Crippen LogP contribution in [-0.4, -0.2) is 33.0 Å². The molecule has 1 aromatic carbocycles. The van der Waals surface area contributed by atoms with Crippen molar-refractivity contribution in [3.8, 4) is 17.7 Å². The highest BCUT2D eigenvalue weighted by molar-refractivity contribution is 7.99. The molecule has 0 aliphatic carbocycles. The molecule has 0 saturated heterocycles. The second-order valence-corrected chi connectivity index (χ2v) is 6.70. The van der Waals surface area contributed by atoms with Crippen molar-refractivity contribution in [2.45, 2.75) is 18.1 Å². The molecule has 0 aliphatic rings. The number of furan rings is 1. The standard InChI is InChI=1S/C20H19N5O2S/c1-2-12-25-19(17-10-6-14-27-17)22-23-20(25)28-15-18(26)24(13-7-11-21)16-8-4-3-5-9-16/h2-6,8-10,14H,1,7,12-13,15H2. The number of carbonyl (C=O) groups excluding carboxylic acids is 1. The summed E-state index contributed by atoms with van der Waals surface area (Å²) in [4.78, 5) is 14.4. The summed E-state index contributed by atoms with van der Waals surface area (Å²) < 4.78 is 7.27. The van der Waals surface area contributed by atoms with Crippen LogP contribution in [0.1, 0.15) is 6.42 Å². The van der Waals surface area contributed by atoms with Gasteiger partial charge in [0.2, 0.25) is 11.7 Å². The second kappa shape index (κ2) is 9.58. The lowest BCUT2D eigenvalue weighted by Crippen LogP contribution is -2.33. The highest BCUT2D eigenvalue weighted by atomic mass is 32.2. The molecule has 0 spiro atoms. The lowest BCUT2D eigenvalue weighted by atomic mass is 10.2. The van der Waals surface area contributed by atoms with Gasteiger partial charge >= 0.3 is 0 Å². The zero-order valence-corrected chi connectivity index (χ0v) is 16.0. The minimum absolute atomic E-state index is 0.0980. The molecule has 2 aromatic heterocycles. The molecule has 0 atom stereocenters. The second-order valence-electron chi connectivity index (χ2n) is 5.76. The van der Waals surface area contributed by atoms with Crippen molar-refractivity contribution in [1.29, 1.82) is 5.26 Å². The van der Waals surface area contributed by atoms with Crippen molar-refractivity contribution in [2.75, 3.05) is 17.2 Å². The van der Waals surface area contributed by atoms with Gasteiger partial charge in [0, 0.05) is 18.8 Å². The van der Waals surface area contributed by atoms with E-state index in [-0.39, 0.29) is 18.1 Å². The third kappa shape index (κ3) is 4.50. The smallest absolute Gasteiger partial charge is 0.237 e. The molecule has 1 amide bonds. The van der Waals surface area contributed by atoms with E-state index >= 15 is 0 Å². The van der Waals surface area contributed by atoms with Gasteiger partial charge in [-0.3, -0.25) is 9.36 Å². The van der Waals surface area contributed by atoms with Crippen LogP contribution in [0.5, 0.6) is 0 Å². The molecule has 0 radical (unpaired) electrons. The number of para-hydroxylation sites is 1. The Balaban J connectivity index is 1.76. The molecule has 2 heterocycles. The highest BCUT2D eigenvalue weighted by Crippen LogP contribution is 2.25. The lowest BCUT2D eigenvalue weighted by molar-refractivity contribution is -0.116. The normalized spacial score (nSPS) is 10.4. The third-order valence-corrected chi connectivity index (χ3v) is 4.86. The van der Waals surface area contributed by atoms with E-state index in [2.05, 4.69) is 22.8 Å². The monoisotopic (exact) mass is 393 g/mol. The SMILES string of the molecule is C=CCn1c(SCC(=O)N(CCC#N)c2ccccc2)nnc1-c1ccco1. The van der Waals surface area contributed by atoms with E-state index in [9.17, 15) is 4.79 Å². The Morgan fingerprint density at radius 3 is 2.79 bits per heavy atom. The van der Waals surface area contributed by atoms with E-state index in [1.54, 1.807) is 23.3 Å². The number of aromatic nitrogens is 3. The average molecular weight is 393 g/mol. The first-order valence-corrected chi connectivity index (χ1v) is 9.66. The van der Waals surface area contributed by atoms with Crippen molar-refractivity contribution in [2.24, 2.45) is 0 Å². The maximum absolute atomic E-state index is 12.8. The van der Waals surface area contributed by atoms with Gasteiger partial charge < -0.3 is 9.32 Å². The Morgan fingerprint density at radius 1 is 1.29 bits per heavy atom. The summed E-state index contributed by atoms with van der Waals surface area (Å²) >= 11 is 1.30. The molecule has 3 aromatic rings. The zero-order valence-electron chi connectivity index (χ0n) is 15.2. The molecule has 3 rings (SSSR count). The first-order valence-electron chi connectivity index (χ1n) is 8.67. The van der Waals surface area contributed by atoms with Gasteiger partial charge in [-0.2, -0.15) is 5.26 Å². The highest BCUT2D eigenvalue weighted by Gasteiger charge is 2.19. The van der Waals surface area contributed by atoms with Gasteiger partial charge in [-0.1, -0.05) is 36.0 Å². The molecule has 7 nitrogen and oxygen atoms in total. The van der Waals surface area contributed by atoms with Crippen LogP contribution < -0.4 is 4.90 Å². The van der Waals surface area contributed by atoms with Gasteiger partial charge in [0.25, 0.3) is 0 Å². The average Bonchev–Trinajstić information content (AvgIpc) is 3.38. The van der Waals surface area contributed by atoms with Crippen LogP contribution in [0.15, 0.2) is 71.0 Å². The van der Waals surface area contributed by atoms with Gasteiger partial charge in [-0.05, 0) is 24.3 Å². The fourth-order valence-corrected chi connectivity index (χ4v) is 3.47. The summed E-state index contributed by atoms with van der Waals surface area (Å²) in [5, 5.41) is 17.9. The van der Waals surface area contributed by atoms with Crippen molar-refractivity contribution >= 4 is 23.4 Å². The van der Waals surface area contributed by atoms with Crippen LogP contribution >= 0.6 is 11.8 Å². The molecule has 142 valence electrons. The molecular formula is C20H19N5O2S. The van der Waals surface area contributed by atoms with E-state index in [4.69, 9.17) is 9.68 Å². The Bertz CT molecular complexity index is 960. The number of amides is 1. The first-order chi connectivity index (χ1) is 13.7. The molecule has 0 saturated carbocycles. The number of benzene rings is 1. The van der Waals surface area contributed by atoms with E-state index in [0.717, 1.165) is 5.69 Å². The molecule has 0 N–H and O–H groups in total. The van der Waals surface area contributed by atoms with Crippen molar-refractivity contribution in [3.63, 3.8) is 0 Å². The largest absolute Gasteiger partial charge is 0.461 e. The van der Waals surface area contributed by atoms with E-state index in [0.29, 0.717) is 29.8 Å². The van der Waals surface area contributed by atoms with E-state index in [1.165, 1.54) is 11.8 Å². The summed E-state index contributed by atoms with van der Waals surface area (Å²) in [6.45, 7) is 4.61. The molecule has 8 heteroatoms. The molecule has 28 heavy (non-hydrogen) atoms. The summed E-state index contributed by atoms with van der Waals surface area (Å²) in [6, 6.07) is 15.0. The quantitative estimate of drug-likeness (QED) is 0.406.